The maximum absolute atomic E-state index is 5.46. The molecular weight excluding hydrogens is 256 g/mol. The van der Waals surface area contributed by atoms with Crippen molar-refractivity contribution in [2.24, 2.45) is 0 Å². The Morgan fingerprint density at radius 2 is 2.26 bits per heavy atom. The summed E-state index contributed by atoms with van der Waals surface area (Å²) in [6.45, 7) is 7.50. The Labute approximate surface area is 120 Å². The number of nitrogens with zero attached hydrogens (tertiary/aromatic N) is 2. The van der Waals surface area contributed by atoms with Crippen molar-refractivity contribution in [2.75, 3.05) is 46.4 Å². The van der Waals surface area contributed by atoms with Crippen LogP contribution in [0.2, 0.25) is 0 Å². The Morgan fingerprint density at radius 1 is 1.47 bits per heavy atom. The van der Waals surface area contributed by atoms with Crippen molar-refractivity contribution in [1.29, 1.82) is 0 Å². The lowest BCUT2D eigenvalue weighted by Gasteiger charge is -2.35. The van der Waals surface area contributed by atoms with Crippen molar-refractivity contribution < 1.29 is 4.74 Å². The lowest BCUT2D eigenvalue weighted by molar-refractivity contribution is 0.0109. The summed E-state index contributed by atoms with van der Waals surface area (Å²) in [5, 5.41) is 2.16. The van der Waals surface area contributed by atoms with Gasteiger partial charge in [0.1, 0.15) is 0 Å². The van der Waals surface area contributed by atoms with Crippen LogP contribution in [0.15, 0.2) is 17.5 Å². The van der Waals surface area contributed by atoms with Gasteiger partial charge in [0, 0.05) is 24.5 Å². The first-order valence-corrected chi connectivity index (χ1v) is 7.62. The summed E-state index contributed by atoms with van der Waals surface area (Å²) in [4.78, 5) is 6.28. The standard InChI is InChI=1S/C15H22N2OS/c1-3-4-7-16(2)13-14(15-6-5-12-19-15)17-8-10-18-11-9-17/h5-6,12,14H,7-11,13H2,1-2H3. The number of hydrogen-bond donors (Lipinski definition) is 0. The molecule has 1 saturated heterocycles. The first-order chi connectivity index (χ1) is 9.31. The van der Waals surface area contributed by atoms with E-state index in [1.807, 2.05) is 18.3 Å². The highest BCUT2D eigenvalue weighted by atomic mass is 32.1. The molecule has 0 spiro atoms. The highest BCUT2D eigenvalue weighted by Gasteiger charge is 2.24. The molecule has 1 aromatic heterocycles. The van der Waals surface area contributed by atoms with Crippen LogP contribution in [0, 0.1) is 11.8 Å². The van der Waals surface area contributed by atoms with Gasteiger partial charge in [0.05, 0.1) is 25.8 Å². The van der Waals surface area contributed by atoms with E-state index in [1.54, 1.807) is 0 Å². The highest BCUT2D eigenvalue weighted by molar-refractivity contribution is 7.10. The number of rotatable bonds is 5. The summed E-state index contributed by atoms with van der Waals surface area (Å²) in [5.41, 5.74) is 0. The van der Waals surface area contributed by atoms with Gasteiger partial charge >= 0.3 is 0 Å². The predicted molar refractivity (Wildman–Crippen MR) is 80.4 cm³/mol. The summed E-state index contributed by atoms with van der Waals surface area (Å²) in [7, 11) is 2.14. The molecule has 1 atom stereocenters. The monoisotopic (exact) mass is 278 g/mol. The Morgan fingerprint density at radius 3 is 2.89 bits per heavy atom. The van der Waals surface area contributed by atoms with Crippen LogP contribution in [-0.4, -0.2) is 56.2 Å². The number of morpholine rings is 1. The van der Waals surface area contributed by atoms with E-state index >= 15 is 0 Å². The largest absolute Gasteiger partial charge is 0.379 e. The molecule has 1 fully saturated rings. The molecule has 2 heterocycles. The Hall–Kier alpha value is -0.860. The molecule has 19 heavy (non-hydrogen) atoms. The minimum Gasteiger partial charge on any atom is -0.379 e. The zero-order chi connectivity index (χ0) is 13.5. The van der Waals surface area contributed by atoms with Crippen LogP contribution in [0.5, 0.6) is 0 Å². The molecule has 0 aliphatic carbocycles. The average Bonchev–Trinajstić information content (AvgIpc) is 2.97. The molecule has 0 radical (unpaired) electrons. The van der Waals surface area contributed by atoms with Gasteiger partial charge in [0.2, 0.25) is 0 Å². The van der Waals surface area contributed by atoms with Crippen LogP contribution in [0.3, 0.4) is 0 Å². The summed E-state index contributed by atoms with van der Waals surface area (Å²) >= 11 is 1.85. The molecule has 3 nitrogen and oxygen atoms in total. The second kappa shape index (κ2) is 7.66. The van der Waals surface area contributed by atoms with Crippen LogP contribution in [0.1, 0.15) is 17.8 Å². The number of ether oxygens (including phenoxy) is 1. The predicted octanol–water partition coefficient (Wildman–Crippen LogP) is 2.08. The third kappa shape index (κ3) is 4.32. The number of likely N-dealkylation sites (N-methyl/N-ethyl adjacent to an activating group) is 1. The van der Waals surface area contributed by atoms with Gasteiger partial charge in [0.25, 0.3) is 0 Å². The van der Waals surface area contributed by atoms with Gasteiger partial charge in [-0.1, -0.05) is 12.0 Å². The van der Waals surface area contributed by atoms with E-state index in [1.165, 1.54) is 4.88 Å². The Balaban J connectivity index is 2.03. The molecule has 1 aliphatic heterocycles. The van der Waals surface area contributed by atoms with Crippen molar-refractivity contribution in [2.45, 2.75) is 13.0 Å². The van der Waals surface area contributed by atoms with E-state index in [-0.39, 0.29) is 0 Å². The lowest BCUT2D eigenvalue weighted by atomic mass is 10.1. The first-order valence-electron chi connectivity index (χ1n) is 6.74. The molecule has 0 saturated carbocycles. The Kier molecular flexibility index (Phi) is 5.87. The zero-order valence-corrected chi connectivity index (χ0v) is 12.6. The van der Waals surface area contributed by atoms with Crippen molar-refractivity contribution >= 4 is 11.3 Å². The summed E-state index contributed by atoms with van der Waals surface area (Å²) in [6.07, 6.45) is 0. The summed E-state index contributed by atoms with van der Waals surface area (Å²) in [5.74, 6) is 6.10. The molecule has 1 aliphatic rings. The van der Waals surface area contributed by atoms with Crippen LogP contribution in [0.4, 0.5) is 0 Å². The maximum Gasteiger partial charge on any atom is 0.0599 e. The van der Waals surface area contributed by atoms with Gasteiger partial charge in [-0.05, 0) is 25.4 Å². The fourth-order valence-electron chi connectivity index (χ4n) is 2.33. The molecule has 0 N–H and O–H groups in total. The van der Waals surface area contributed by atoms with Crippen LogP contribution < -0.4 is 0 Å². The fourth-order valence-corrected chi connectivity index (χ4v) is 3.18. The van der Waals surface area contributed by atoms with Gasteiger partial charge in [-0.15, -0.1) is 17.3 Å². The normalized spacial score (nSPS) is 18.1. The van der Waals surface area contributed by atoms with Crippen molar-refractivity contribution in [3.05, 3.63) is 22.4 Å². The minimum atomic E-state index is 0.465. The van der Waals surface area contributed by atoms with Crippen LogP contribution >= 0.6 is 11.3 Å². The molecule has 2 rings (SSSR count). The molecule has 0 amide bonds. The fraction of sp³-hybridized carbons (Fsp3) is 0.600. The van der Waals surface area contributed by atoms with Gasteiger partial charge in [-0.3, -0.25) is 9.80 Å². The topological polar surface area (TPSA) is 15.7 Å². The molecule has 1 unspecified atom stereocenters. The molecule has 4 heteroatoms. The van der Waals surface area contributed by atoms with E-state index in [4.69, 9.17) is 4.74 Å². The third-order valence-electron chi connectivity index (χ3n) is 3.37. The van der Waals surface area contributed by atoms with Crippen molar-refractivity contribution in [3.8, 4) is 11.8 Å². The smallest absolute Gasteiger partial charge is 0.0599 e. The van der Waals surface area contributed by atoms with Gasteiger partial charge < -0.3 is 4.74 Å². The first kappa shape index (κ1) is 14.5. The third-order valence-corrected chi connectivity index (χ3v) is 4.34. The molecule has 104 valence electrons. The summed E-state index contributed by atoms with van der Waals surface area (Å²) < 4.78 is 5.46. The van der Waals surface area contributed by atoms with Gasteiger partial charge in [0.15, 0.2) is 0 Å². The van der Waals surface area contributed by atoms with Crippen molar-refractivity contribution in [1.82, 2.24) is 9.80 Å². The van der Waals surface area contributed by atoms with Crippen molar-refractivity contribution in [3.63, 3.8) is 0 Å². The summed E-state index contributed by atoms with van der Waals surface area (Å²) in [6, 6.07) is 4.84. The van der Waals surface area contributed by atoms with E-state index in [9.17, 15) is 0 Å². The number of thiophene rings is 1. The molecule has 0 bridgehead atoms. The maximum atomic E-state index is 5.46. The SMILES string of the molecule is CC#CCN(C)CC(c1cccs1)N1CCOCC1. The van der Waals surface area contributed by atoms with E-state index < -0.39 is 0 Å². The zero-order valence-electron chi connectivity index (χ0n) is 11.8. The molecular formula is C15H22N2OS. The number of hydrogen-bond acceptors (Lipinski definition) is 4. The second-order valence-corrected chi connectivity index (χ2v) is 5.78. The lowest BCUT2D eigenvalue weighted by Crippen LogP contribution is -2.43. The van der Waals surface area contributed by atoms with E-state index in [0.717, 1.165) is 39.4 Å². The van der Waals surface area contributed by atoms with E-state index in [2.05, 4.69) is 46.2 Å². The van der Waals surface area contributed by atoms with Gasteiger partial charge in [-0.25, -0.2) is 0 Å². The average molecular weight is 278 g/mol. The Bertz CT molecular complexity index is 415. The van der Waals surface area contributed by atoms with Crippen LogP contribution in [-0.2, 0) is 4.74 Å². The highest BCUT2D eigenvalue weighted by Crippen LogP contribution is 2.26. The van der Waals surface area contributed by atoms with Crippen LogP contribution in [0.25, 0.3) is 0 Å². The quantitative estimate of drug-likeness (QED) is 0.767. The molecule has 1 aromatic rings. The van der Waals surface area contributed by atoms with E-state index in [0.29, 0.717) is 6.04 Å². The second-order valence-electron chi connectivity index (χ2n) is 4.80. The van der Waals surface area contributed by atoms with Gasteiger partial charge in [-0.2, -0.15) is 0 Å². The molecule has 0 aromatic carbocycles. The minimum absolute atomic E-state index is 0.465.